The molecule has 0 bridgehead atoms. The van der Waals surface area contributed by atoms with Gasteiger partial charge in [-0.3, -0.25) is 0 Å². The fraction of sp³-hybridized carbons (Fsp3) is 0.111. The van der Waals surface area contributed by atoms with E-state index in [9.17, 15) is 0 Å². The highest BCUT2D eigenvalue weighted by Crippen LogP contribution is 2.40. The molecule has 7 rings (SSSR count). The number of hydrogen-bond donors (Lipinski definition) is 0. The number of anilines is 2. The largest absolute Gasteiger partial charge is 0.311 e. The molecule has 2 aliphatic rings. The van der Waals surface area contributed by atoms with Gasteiger partial charge in [-0.2, -0.15) is 0 Å². The molecule has 2 aliphatic carbocycles. The maximum Gasteiger partial charge on any atom is 0.0461 e. The van der Waals surface area contributed by atoms with Crippen molar-refractivity contribution in [3.8, 4) is 11.1 Å². The lowest BCUT2D eigenvalue weighted by Gasteiger charge is -2.27. The molecule has 5 aromatic carbocycles. The molecule has 0 aliphatic heterocycles. The summed E-state index contributed by atoms with van der Waals surface area (Å²) in [6, 6.07) is 50.4. The van der Waals surface area contributed by atoms with Crippen molar-refractivity contribution in [3.63, 3.8) is 0 Å². The van der Waals surface area contributed by atoms with E-state index in [4.69, 9.17) is 0 Å². The molecule has 1 nitrogen and oxygen atoms in total. The van der Waals surface area contributed by atoms with Crippen molar-refractivity contribution in [2.75, 3.05) is 4.90 Å². The maximum absolute atomic E-state index is 2.41. The number of allylic oxidation sites excluding steroid dienone is 8. The van der Waals surface area contributed by atoms with Crippen LogP contribution >= 0.6 is 0 Å². The van der Waals surface area contributed by atoms with Gasteiger partial charge in [-0.1, -0.05) is 153 Å². The van der Waals surface area contributed by atoms with E-state index >= 15 is 0 Å². The van der Waals surface area contributed by atoms with Gasteiger partial charge in [-0.15, -0.1) is 0 Å². The lowest BCUT2D eigenvalue weighted by Crippen LogP contribution is -2.16. The van der Waals surface area contributed by atoms with Crippen LogP contribution in [-0.2, 0) is 0 Å². The second-order valence-corrected chi connectivity index (χ2v) is 12.1. The fourth-order valence-corrected chi connectivity index (χ4v) is 6.46. The van der Waals surface area contributed by atoms with Crippen LogP contribution in [0.5, 0.6) is 0 Å². The third-order valence-corrected chi connectivity index (χ3v) is 8.86. The first kappa shape index (κ1) is 29.3. The molecule has 0 amide bonds. The first-order valence-corrected chi connectivity index (χ1v) is 16.4. The van der Waals surface area contributed by atoms with E-state index in [1.54, 1.807) is 0 Å². The van der Waals surface area contributed by atoms with Crippen molar-refractivity contribution in [3.05, 3.63) is 204 Å². The molecule has 5 aromatic rings. The molecule has 0 aromatic heterocycles. The SMILES string of the molecule is CC1C=CC(C(=C(c2ccccc2)c2ccccc2)c2ccc(-c3ccc(N(C4=CCCC=C4)c4ccccc4)cc3)cc2)=CC1. The molecule has 1 heteroatoms. The maximum atomic E-state index is 2.41. The Balaban J connectivity index is 1.27. The van der Waals surface area contributed by atoms with Crippen molar-refractivity contribution in [2.24, 2.45) is 5.92 Å². The van der Waals surface area contributed by atoms with E-state index in [0.717, 1.165) is 24.9 Å². The van der Waals surface area contributed by atoms with Crippen molar-refractivity contribution < 1.29 is 0 Å². The Bertz CT molecular complexity index is 1880. The predicted octanol–water partition coefficient (Wildman–Crippen LogP) is 12.2. The van der Waals surface area contributed by atoms with Crippen LogP contribution in [0.15, 0.2) is 187 Å². The Morgan fingerprint density at radius 1 is 0.522 bits per heavy atom. The van der Waals surface area contributed by atoms with Gasteiger partial charge in [0.05, 0.1) is 0 Å². The zero-order valence-electron chi connectivity index (χ0n) is 26.4. The molecule has 0 saturated carbocycles. The molecule has 0 saturated heterocycles. The van der Waals surface area contributed by atoms with E-state index in [-0.39, 0.29) is 0 Å². The minimum absolute atomic E-state index is 0.551. The highest BCUT2D eigenvalue weighted by Gasteiger charge is 2.19. The summed E-state index contributed by atoms with van der Waals surface area (Å²) in [7, 11) is 0. The van der Waals surface area contributed by atoms with Gasteiger partial charge in [0.1, 0.15) is 0 Å². The highest BCUT2D eigenvalue weighted by atomic mass is 15.1. The molecule has 46 heavy (non-hydrogen) atoms. The lowest BCUT2D eigenvalue weighted by atomic mass is 9.82. The van der Waals surface area contributed by atoms with Crippen molar-refractivity contribution >= 4 is 22.5 Å². The average molecular weight is 594 g/mol. The zero-order valence-corrected chi connectivity index (χ0v) is 26.4. The molecule has 0 radical (unpaired) electrons. The van der Waals surface area contributed by atoms with Crippen LogP contribution in [-0.4, -0.2) is 0 Å². The Labute approximate surface area is 273 Å². The Hall–Kier alpha value is -5.40. The van der Waals surface area contributed by atoms with Crippen molar-refractivity contribution in [2.45, 2.75) is 26.2 Å². The Kier molecular flexibility index (Phi) is 8.74. The topological polar surface area (TPSA) is 3.24 Å². The Morgan fingerprint density at radius 2 is 1.07 bits per heavy atom. The number of benzene rings is 5. The molecule has 0 N–H and O–H groups in total. The standard InChI is InChI=1S/C45H39N/c1-34-22-24-39(25-23-34)45(44(37-14-6-2-7-15-37)38-16-8-3-9-17-38)40-28-26-35(27-29-40)36-30-32-43(33-31-36)46(41-18-10-4-11-19-41)42-20-12-5-13-21-42/h2-4,6-12,14-22,24-34H,5,13,23H2,1H3. The van der Waals surface area contributed by atoms with Crippen molar-refractivity contribution in [1.82, 2.24) is 0 Å². The molecule has 1 atom stereocenters. The quantitative estimate of drug-likeness (QED) is 0.162. The van der Waals surface area contributed by atoms with Gasteiger partial charge in [-0.05, 0) is 100 Å². The Morgan fingerprint density at radius 3 is 1.61 bits per heavy atom. The van der Waals surface area contributed by atoms with Crippen LogP contribution in [0.2, 0.25) is 0 Å². The summed E-state index contributed by atoms with van der Waals surface area (Å²) in [6.45, 7) is 2.28. The first-order valence-electron chi connectivity index (χ1n) is 16.4. The number of rotatable bonds is 8. The molecule has 1 unspecified atom stereocenters. The molecular formula is C45H39N. The minimum atomic E-state index is 0.551. The van der Waals surface area contributed by atoms with E-state index in [1.165, 1.54) is 55.9 Å². The summed E-state index contributed by atoms with van der Waals surface area (Å²) in [5.74, 6) is 0.551. The monoisotopic (exact) mass is 593 g/mol. The van der Waals surface area contributed by atoms with Crippen LogP contribution < -0.4 is 4.90 Å². The van der Waals surface area contributed by atoms with E-state index < -0.39 is 0 Å². The van der Waals surface area contributed by atoms with E-state index in [2.05, 4.69) is 188 Å². The summed E-state index contributed by atoms with van der Waals surface area (Å²) in [5.41, 5.74) is 13.5. The molecule has 0 fully saturated rings. The second kappa shape index (κ2) is 13.7. The number of para-hydroxylation sites is 1. The van der Waals surface area contributed by atoms with E-state index in [1.807, 2.05) is 0 Å². The number of nitrogens with zero attached hydrogens (tertiary/aromatic N) is 1. The van der Waals surface area contributed by atoms with Crippen LogP contribution in [0.25, 0.3) is 22.3 Å². The minimum Gasteiger partial charge on any atom is -0.311 e. The van der Waals surface area contributed by atoms with Crippen LogP contribution in [0.4, 0.5) is 11.4 Å². The molecule has 0 heterocycles. The van der Waals surface area contributed by atoms with Crippen LogP contribution in [0.1, 0.15) is 42.9 Å². The normalized spacial score (nSPS) is 15.5. The molecule has 224 valence electrons. The first-order chi connectivity index (χ1) is 22.7. The van der Waals surface area contributed by atoms with Gasteiger partial charge < -0.3 is 4.90 Å². The van der Waals surface area contributed by atoms with Crippen LogP contribution in [0, 0.1) is 5.92 Å². The third kappa shape index (κ3) is 6.36. The second-order valence-electron chi connectivity index (χ2n) is 12.1. The summed E-state index contributed by atoms with van der Waals surface area (Å²) in [6.07, 6.45) is 17.1. The van der Waals surface area contributed by atoms with Crippen molar-refractivity contribution in [1.29, 1.82) is 0 Å². The van der Waals surface area contributed by atoms with E-state index in [0.29, 0.717) is 5.92 Å². The lowest BCUT2D eigenvalue weighted by molar-refractivity contribution is 0.734. The summed E-state index contributed by atoms with van der Waals surface area (Å²) in [4.78, 5) is 2.35. The summed E-state index contributed by atoms with van der Waals surface area (Å²) in [5, 5.41) is 0. The fourth-order valence-electron chi connectivity index (χ4n) is 6.46. The summed E-state index contributed by atoms with van der Waals surface area (Å²) >= 11 is 0. The average Bonchev–Trinajstić information content (AvgIpc) is 3.13. The van der Waals surface area contributed by atoms with Gasteiger partial charge in [0.15, 0.2) is 0 Å². The highest BCUT2D eigenvalue weighted by molar-refractivity contribution is 6.05. The van der Waals surface area contributed by atoms with Gasteiger partial charge in [0.2, 0.25) is 0 Å². The third-order valence-electron chi connectivity index (χ3n) is 8.86. The van der Waals surface area contributed by atoms with Gasteiger partial charge >= 0.3 is 0 Å². The van der Waals surface area contributed by atoms with Crippen LogP contribution in [0.3, 0.4) is 0 Å². The van der Waals surface area contributed by atoms with Gasteiger partial charge in [-0.25, -0.2) is 0 Å². The van der Waals surface area contributed by atoms with Gasteiger partial charge in [0.25, 0.3) is 0 Å². The number of hydrogen-bond acceptors (Lipinski definition) is 1. The van der Waals surface area contributed by atoms with Gasteiger partial charge in [0, 0.05) is 17.1 Å². The molecular weight excluding hydrogens is 555 g/mol. The smallest absolute Gasteiger partial charge is 0.0461 e. The molecule has 0 spiro atoms. The predicted molar refractivity (Wildman–Crippen MR) is 197 cm³/mol. The summed E-state index contributed by atoms with van der Waals surface area (Å²) < 4.78 is 0. The zero-order chi connectivity index (χ0) is 31.1.